The van der Waals surface area contributed by atoms with E-state index >= 15 is 0 Å². The van der Waals surface area contributed by atoms with Gasteiger partial charge in [-0.3, -0.25) is 4.68 Å². The quantitative estimate of drug-likeness (QED) is 0.739. The van der Waals surface area contributed by atoms with Gasteiger partial charge in [0.05, 0.1) is 12.2 Å². The molecule has 0 fully saturated rings. The maximum absolute atomic E-state index is 12.0. The zero-order chi connectivity index (χ0) is 13.5. The normalized spacial score (nSPS) is 15.5. The van der Waals surface area contributed by atoms with Gasteiger partial charge in [-0.2, -0.15) is 5.10 Å². The van der Waals surface area contributed by atoms with Crippen LogP contribution in [0, 0.1) is 0 Å². The molecule has 2 heterocycles. The van der Waals surface area contributed by atoms with Crippen LogP contribution in [0.15, 0.2) is 4.60 Å². The van der Waals surface area contributed by atoms with Gasteiger partial charge in [-0.1, -0.05) is 0 Å². The molecule has 0 atom stereocenters. The smallest absolute Gasteiger partial charge is 0.410 e. The maximum atomic E-state index is 12.0. The molecule has 0 bridgehead atoms. The number of aromatic nitrogens is 2. The zero-order valence-corrected chi connectivity index (χ0v) is 12.7. The standard InChI is InChI=1S/C12H18BrN3O2/c1-12(2,3)18-11(17)16-6-5-9-8(7-16)10(13)15(4)14-9/h5-7H2,1-4H3. The van der Waals surface area contributed by atoms with E-state index < -0.39 is 5.60 Å². The third-order valence-corrected chi connectivity index (χ3v) is 3.76. The molecular formula is C12H18BrN3O2. The predicted octanol–water partition coefficient (Wildman–Crippen LogP) is 2.48. The molecule has 0 unspecified atom stereocenters. The Morgan fingerprint density at radius 1 is 1.44 bits per heavy atom. The molecule has 0 aliphatic carbocycles. The highest BCUT2D eigenvalue weighted by atomic mass is 79.9. The first-order chi connectivity index (χ1) is 8.28. The number of rotatable bonds is 0. The van der Waals surface area contributed by atoms with Crippen LogP contribution in [0.5, 0.6) is 0 Å². The van der Waals surface area contributed by atoms with E-state index in [1.54, 1.807) is 9.58 Å². The van der Waals surface area contributed by atoms with E-state index in [-0.39, 0.29) is 6.09 Å². The molecule has 0 radical (unpaired) electrons. The van der Waals surface area contributed by atoms with Gasteiger partial charge in [0.25, 0.3) is 0 Å². The summed E-state index contributed by atoms with van der Waals surface area (Å²) in [5, 5.41) is 4.41. The minimum absolute atomic E-state index is 0.260. The Balaban J connectivity index is 2.12. The summed E-state index contributed by atoms with van der Waals surface area (Å²) in [6, 6.07) is 0. The van der Waals surface area contributed by atoms with E-state index in [2.05, 4.69) is 21.0 Å². The van der Waals surface area contributed by atoms with Gasteiger partial charge >= 0.3 is 6.09 Å². The van der Waals surface area contributed by atoms with E-state index in [1.165, 1.54) is 0 Å². The molecule has 18 heavy (non-hydrogen) atoms. The largest absolute Gasteiger partial charge is 0.444 e. The second kappa shape index (κ2) is 4.57. The number of nitrogens with zero attached hydrogens (tertiary/aromatic N) is 3. The van der Waals surface area contributed by atoms with E-state index in [0.717, 1.165) is 22.3 Å². The lowest BCUT2D eigenvalue weighted by atomic mass is 10.1. The molecule has 2 rings (SSSR count). The Labute approximate surface area is 115 Å². The second-order valence-corrected chi connectivity index (χ2v) is 6.24. The molecule has 1 aromatic rings. The third kappa shape index (κ3) is 2.68. The monoisotopic (exact) mass is 315 g/mol. The van der Waals surface area contributed by atoms with Gasteiger partial charge in [0, 0.05) is 25.6 Å². The number of fused-ring (bicyclic) bond motifs is 1. The predicted molar refractivity (Wildman–Crippen MR) is 71.3 cm³/mol. The van der Waals surface area contributed by atoms with Crippen molar-refractivity contribution in [2.24, 2.45) is 7.05 Å². The lowest BCUT2D eigenvalue weighted by Crippen LogP contribution is -2.39. The van der Waals surface area contributed by atoms with Gasteiger partial charge < -0.3 is 9.64 Å². The Hall–Kier alpha value is -1.04. The zero-order valence-electron chi connectivity index (χ0n) is 11.2. The number of ether oxygens (including phenoxy) is 1. The van der Waals surface area contributed by atoms with Crippen molar-refractivity contribution in [3.05, 3.63) is 15.9 Å². The van der Waals surface area contributed by atoms with Crippen LogP contribution in [-0.2, 0) is 24.8 Å². The fourth-order valence-electron chi connectivity index (χ4n) is 1.95. The fraction of sp³-hybridized carbons (Fsp3) is 0.667. The Kier molecular flexibility index (Phi) is 3.40. The van der Waals surface area contributed by atoms with Crippen molar-refractivity contribution in [2.75, 3.05) is 6.54 Å². The van der Waals surface area contributed by atoms with Gasteiger partial charge in [-0.25, -0.2) is 4.79 Å². The lowest BCUT2D eigenvalue weighted by molar-refractivity contribution is 0.0223. The summed E-state index contributed by atoms with van der Waals surface area (Å²) in [4.78, 5) is 13.7. The molecule has 0 N–H and O–H groups in total. The number of carbonyl (C=O) groups excluding carboxylic acids is 1. The van der Waals surface area contributed by atoms with Crippen LogP contribution in [-0.4, -0.2) is 32.9 Å². The summed E-state index contributed by atoms with van der Waals surface area (Å²) >= 11 is 3.50. The molecule has 5 nitrogen and oxygen atoms in total. The summed E-state index contributed by atoms with van der Waals surface area (Å²) in [6.07, 6.45) is 0.512. The summed E-state index contributed by atoms with van der Waals surface area (Å²) in [6.45, 7) is 6.84. The third-order valence-electron chi connectivity index (χ3n) is 2.77. The number of amides is 1. The first-order valence-corrected chi connectivity index (χ1v) is 6.75. The SMILES string of the molecule is Cn1nc2c(c1Br)CN(C(=O)OC(C)(C)C)CC2. The highest BCUT2D eigenvalue weighted by Crippen LogP contribution is 2.26. The number of halogens is 1. The molecule has 1 aromatic heterocycles. The van der Waals surface area contributed by atoms with E-state index in [4.69, 9.17) is 4.74 Å². The topological polar surface area (TPSA) is 47.4 Å². The van der Waals surface area contributed by atoms with Crippen LogP contribution >= 0.6 is 15.9 Å². The van der Waals surface area contributed by atoms with E-state index in [9.17, 15) is 4.79 Å². The molecule has 0 aromatic carbocycles. The summed E-state index contributed by atoms with van der Waals surface area (Å²) < 4.78 is 8.11. The van der Waals surface area contributed by atoms with Gasteiger partial charge in [-0.05, 0) is 36.7 Å². The van der Waals surface area contributed by atoms with Gasteiger partial charge in [0.1, 0.15) is 10.2 Å². The molecule has 6 heteroatoms. The van der Waals surface area contributed by atoms with Crippen molar-refractivity contribution in [1.29, 1.82) is 0 Å². The van der Waals surface area contributed by atoms with Crippen LogP contribution < -0.4 is 0 Å². The van der Waals surface area contributed by atoms with Crippen LogP contribution in [0.25, 0.3) is 0 Å². The number of hydrogen-bond acceptors (Lipinski definition) is 3. The Morgan fingerprint density at radius 2 is 2.11 bits per heavy atom. The highest BCUT2D eigenvalue weighted by molar-refractivity contribution is 9.10. The van der Waals surface area contributed by atoms with Crippen molar-refractivity contribution in [2.45, 2.75) is 39.3 Å². The minimum atomic E-state index is -0.455. The molecule has 1 amide bonds. The maximum Gasteiger partial charge on any atom is 0.410 e. The summed E-state index contributed by atoms with van der Waals surface area (Å²) in [5.41, 5.74) is 1.68. The van der Waals surface area contributed by atoms with Crippen molar-refractivity contribution in [1.82, 2.24) is 14.7 Å². The number of hydrogen-bond donors (Lipinski definition) is 0. The molecule has 0 spiro atoms. The summed E-state index contributed by atoms with van der Waals surface area (Å²) in [7, 11) is 1.89. The Morgan fingerprint density at radius 3 is 2.72 bits per heavy atom. The van der Waals surface area contributed by atoms with Crippen molar-refractivity contribution >= 4 is 22.0 Å². The molecule has 100 valence electrons. The molecule has 1 aliphatic heterocycles. The summed E-state index contributed by atoms with van der Waals surface area (Å²) in [5.74, 6) is 0. The second-order valence-electron chi connectivity index (χ2n) is 5.49. The number of aryl methyl sites for hydroxylation is 1. The first kappa shape index (κ1) is 13.4. The van der Waals surface area contributed by atoms with Crippen LogP contribution in [0.2, 0.25) is 0 Å². The first-order valence-electron chi connectivity index (χ1n) is 5.96. The fourth-order valence-corrected chi connectivity index (χ4v) is 2.38. The van der Waals surface area contributed by atoms with Gasteiger partial charge in [0.15, 0.2) is 0 Å². The lowest BCUT2D eigenvalue weighted by Gasteiger charge is -2.29. The highest BCUT2D eigenvalue weighted by Gasteiger charge is 2.28. The van der Waals surface area contributed by atoms with E-state index in [0.29, 0.717) is 13.1 Å². The van der Waals surface area contributed by atoms with Crippen LogP contribution in [0.3, 0.4) is 0 Å². The average molecular weight is 316 g/mol. The van der Waals surface area contributed by atoms with Crippen molar-refractivity contribution < 1.29 is 9.53 Å². The van der Waals surface area contributed by atoms with Gasteiger partial charge in [0.2, 0.25) is 0 Å². The molecule has 0 saturated heterocycles. The molecule has 1 aliphatic rings. The van der Waals surface area contributed by atoms with Crippen molar-refractivity contribution in [3.8, 4) is 0 Å². The minimum Gasteiger partial charge on any atom is -0.444 e. The molecule has 0 saturated carbocycles. The van der Waals surface area contributed by atoms with Crippen LogP contribution in [0.4, 0.5) is 4.79 Å². The van der Waals surface area contributed by atoms with Crippen molar-refractivity contribution in [3.63, 3.8) is 0 Å². The van der Waals surface area contributed by atoms with Gasteiger partial charge in [-0.15, -0.1) is 0 Å². The van der Waals surface area contributed by atoms with Crippen LogP contribution in [0.1, 0.15) is 32.0 Å². The molecular weight excluding hydrogens is 298 g/mol. The Bertz CT molecular complexity index is 476. The van der Waals surface area contributed by atoms with E-state index in [1.807, 2.05) is 27.8 Å². The average Bonchev–Trinajstić information content (AvgIpc) is 2.52. The number of carbonyl (C=O) groups is 1.